The normalized spacial score (nSPS) is 29.0. The summed E-state index contributed by atoms with van der Waals surface area (Å²) >= 11 is 0. The van der Waals surface area contributed by atoms with Crippen molar-refractivity contribution in [3.05, 3.63) is 0 Å². The van der Waals surface area contributed by atoms with Gasteiger partial charge in [0.05, 0.1) is 12.2 Å². The molecule has 2 unspecified atom stereocenters. The molecule has 1 N–H and O–H groups in total. The molecular weight excluding hydrogens is 266 g/mol. The van der Waals surface area contributed by atoms with E-state index < -0.39 is 36.1 Å². The van der Waals surface area contributed by atoms with Crippen LogP contribution in [0.4, 0.5) is 26.3 Å². The van der Waals surface area contributed by atoms with Gasteiger partial charge in [0.2, 0.25) is 6.10 Å². The number of halogens is 6. The summed E-state index contributed by atoms with van der Waals surface area (Å²) in [6.45, 7) is 3.13. The van der Waals surface area contributed by atoms with Gasteiger partial charge in [-0.15, -0.1) is 0 Å². The first-order valence-electron chi connectivity index (χ1n) is 5.32. The minimum atomic E-state index is -5.54. The van der Waals surface area contributed by atoms with E-state index in [4.69, 9.17) is 0 Å². The second kappa shape index (κ2) is 4.56. The van der Waals surface area contributed by atoms with E-state index in [1.807, 2.05) is 0 Å². The first-order chi connectivity index (χ1) is 7.86. The van der Waals surface area contributed by atoms with Crippen molar-refractivity contribution in [1.29, 1.82) is 0 Å². The summed E-state index contributed by atoms with van der Waals surface area (Å²) in [5, 5.41) is 9.64. The summed E-state index contributed by atoms with van der Waals surface area (Å²) in [6.07, 6.45) is -17.4. The zero-order chi connectivity index (χ0) is 14.4. The van der Waals surface area contributed by atoms with Crippen LogP contribution in [0.2, 0.25) is 0 Å². The molecule has 0 aliphatic heterocycles. The van der Waals surface area contributed by atoms with E-state index in [-0.39, 0.29) is 6.42 Å². The van der Waals surface area contributed by atoms with Crippen LogP contribution in [-0.4, -0.2) is 35.8 Å². The molecule has 0 spiro atoms. The van der Waals surface area contributed by atoms with Crippen LogP contribution in [-0.2, 0) is 4.74 Å². The molecular formula is C10H14F6O2. The molecule has 1 aliphatic carbocycles. The SMILES string of the molecule is CC1(C)CCC(OC(C(F)(F)F)C(F)(F)F)C1O. The molecule has 1 saturated carbocycles. The van der Waals surface area contributed by atoms with E-state index in [2.05, 4.69) is 4.74 Å². The topological polar surface area (TPSA) is 29.5 Å². The molecule has 1 fully saturated rings. The number of aliphatic hydroxyl groups is 1. The fourth-order valence-electron chi connectivity index (χ4n) is 1.98. The number of aliphatic hydroxyl groups excluding tert-OH is 1. The Labute approximate surface area is 99.9 Å². The van der Waals surface area contributed by atoms with Crippen LogP contribution in [0.25, 0.3) is 0 Å². The minimum Gasteiger partial charge on any atom is -0.390 e. The molecule has 18 heavy (non-hydrogen) atoms. The van der Waals surface area contributed by atoms with Crippen molar-refractivity contribution < 1.29 is 36.2 Å². The van der Waals surface area contributed by atoms with Crippen molar-refractivity contribution in [2.45, 2.75) is 57.4 Å². The molecule has 0 aromatic heterocycles. The predicted molar refractivity (Wildman–Crippen MR) is 49.8 cm³/mol. The van der Waals surface area contributed by atoms with Gasteiger partial charge < -0.3 is 9.84 Å². The predicted octanol–water partition coefficient (Wildman–Crippen LogP) is 3.05. The Kier molecular flexibility index (Phi) is 3.94. The third kappa shape index (κ3) is 3.28. The maximum atomic E-state index is 12.3. The van der Waals surface area contributed by atoms with Gasteiger partial charge in [0, 0.05) is 0 Å². The molecule has 2 nitrogen and oxygen atoms in total. The Bertz CT molecular complexity index is 282. The van der Waals surface area contributed by atoms with Gasteiger partial charge in [0.15, 0.2) is 0 Å². The van der Waals surface area contributed by atoms with Gasteiger partial charge in [-0.1, -0.05) is 13.8 Å². The highest BCUT2D eigenvalue weighted by atomic mass is 19.4. The zero-order valence-electron chi connectivity index (χ0n) is 9.77. The van der Waals surface area contributed by atoms with Gasteiger partial charge in [0.1, 0.15) is 0 Å². The van der Waals surface area contributed by atoms with Crippen LogP contribution < -0.4 is 0 Å². The van der Waals surface area contributed by atoms with Gasteiger partial charge in [0.25, 0.3) is 0 Å². The molecule has 108 valence electrons. The maximum Gasteiger partial charge on any atom is 0.423 e. The fraction of sp³-hybridized carbons (Fsp3) is 1.00. The number of rotatable bonds is 2. The summed E-state index contributed by atoms with van der Waals surface area (Å²) in [5.41, 5.74) is -0.744. The lowest BCUT2D eigenvalue weighted by Gasteiger charge is -2.30. The summed E-state index contributed by atoms with van der Waals surface area (Å²) < 4.78 is 77.7. The van der Waals surface area contributed by atoms with Crippen molar-refractivity contribution in [2.75, 3.05) is 0 Å². The Hall–Kier alpha value is -0.500. The van der Waals surface area contributed by atoms with Crippen LogP contribution in [0, 0.1) is 5.41 Å². The molecule has 0 bridgehead atoms. The van der Waals surface area contributed by atoms with Crippen LogP contribution in [0.3, 0.4) is 0 Å². The Morgan fingerprint density at radius 2 is 1.56 bits per heavy atom. The maximum absolute atomic E-state index is 12.3. The van der Waals surface area contributed by atoms with E-state index in [9.17, 15) is 31.4 Å². The van der Waals surface area contributed by atoms with E-state index in [0.29, 0.717) is 6.42 Å². The van der Waals surface area contributed by atoms with Gasteiger partial charge in [-0.2, -0.15) is 26.3 Å². The molecule has 8 heteroatoms. The van der Waals surface area contributed by atoms with Crippen molar-refractivity contribution in [3.8, 4) is 0 Å². The summed E-state index contributed by atoms with van der Waals surface area (Å²) in [6, 6.07) is 0. The Balaban J connectivity index is 2.81. The quantitative estimate of drug-likeness (QED) is 0.788. The van der Waals surface area contributed by atoms with E-state index in [0.717, 1.165) is 0 Å². The standard InChI is InChI=1S/C10H14F6O2/c1-8(2)4-3-5(6(8)17)18-7(9(11,12)13)10(14,15)16/h5-7,17H,3-4H2,1-2H3. The third-order valence-corrected chi connectivity index (χ3v) is 3.13. The second-order valence-corrected chi connectivity index (χ2v) is 5.11. The highest BCUT2D eigenvalue weighted by molar-refractivity contribution is 4.93. The molecule has 1 aliphatic rings. The van der Waals surface area contributed by atoms with E-state index in [1.54, 1.807) is 13.8 Å². The van der Waals surface area contributed by atoms with Gasteiger partial charge >= 0.3 is 12.4 Å². The lowest BCUT2D eigenvalue weighted by molar-refractivity contribution is -0.335. The highest BCUT2D eigenvalue weighted by Gasteiger charge is 2.60. The average molecular weight is 280 g/mol. The van der Waals surface area contributed by atoms with E-state index in [1.165, 1.54) is 0 Å². The number of hydrogen-bond donors (Lipinski definition) is 1. The van der Waals surface area contributed by atoms with E-state index >= 15 is 0 Å². The van der Waals surface area contributed by atoms with Gasteiger partial charge in [-0.25, -0.2) is 0 Å². The average Bonchev–Trinajstić information content (AvgIpc) is 2.36. The zero-order valence-corrected chi connectivity index (χ0v) is 9.77. The highest BCUT2D eigenvalue weighted by Crippen LogP contribution is 2.43. The first kappa shape index (κ1) is 15.6. The lowest BCUT2D eigenvalue weighted by Crippen LogP contribution is -2.48. The monoisotopic (exact) mass is 280 g/mol. The smallest absolute Gasteiger partial charge is 0.390 e. The van der Waals surface area contributed by atoms with Crippen molar-refractivity contribution in [3.63, 3.8) is 0 Å². The molecule has 1 rings (SSSR count). The minimum absolute atomic E-state index is 0.0309. The van der Waals surface area contributed by atoms with Crippen LogP contribution in [0.1, 0.15) is 26.7 Å². The second-order valence-electron chi connectivity index (χ2n) is 5.11. The van der Waals surface area contributed by atoms with Gasteiger partial charge in [-0.3, -0.25) is 0 Å². The Morgan fingerprint density at radius 3 is 1.83 bits per heavy atom. The largest absolute Gasteiger partial charge is 0.423 e. The van der Waals surface area contributed by atoms with Crippen LogP contribution in [0.15, 0.2) is 0 Å². The number of alkyl halides is 6. The molecule has 0 saturated heterocycles. The molecule has 0 radical (unpaired) electrons. The number of ether oxygens (including phenoxy) is 1. The molecule has 0 amide bonds. The molecule has 0 aromatic carbocycles. The summed E-state index contributed by atoms with van der Waals surface area (Å²) in [7, 11) is 0. The third-order valence-electron chi connectivity index (χ3n) is 3.13. The Morgan fingerprint density at radius 1 is 1.11 bits per heavy atom. The first-order valence-corrected chi connectivity index (χ1v) is 5.32. The van der Waals surface area contributed by atoms with Crippen molar-refractivity contribution in [2.24, 2.45) is 5.41 Å². The summed E-state index contributed by atoms with van der Waals surface area (Å²) in [5.74, 6) is 0. The fourth-order valence-corrected chi connectivity index (χ4v) is 1.98. The molecule has 2 atom stereocenters. The van der Waals surface area contributed by atoms with Crippen molar-refractivity contribution >= 4 is 0 Å². The lowest BCUT2D eigenvalue weighted by atomic mass is 9.89. The van der Waals surface area contributed by atoms with Gasteiger partial charge in [-0.05, 0) is 18.3 Å². The molecule has 0 aromatic rings. The molecule has 0 heterocycles. The van der Waals surface area contributed by atoms with Crippen molar-refractivity contribution in [1.82, 2.24) is 0 Å². The van der Waals surface area contributed by atoms with Crippen LogP contribution in [0.5, 0.6) is 0 Å². The summed E-state index contributed by atoms with van der Waals surface area (Å²) in [4.78, 5) is 0. The van der Waals surface area contributed by atoms with Crippen LogP contribution >= 0.6 is 0 Å². The number of hydrogen-bond acceptors (Lipinski definition) is 2.